The zero-order chi connectivity index (χ0) is 11.1. The molecule has 2 N–H and O–H groups in total. The van der Waals surface area contributed by atoms with Crippen LogP contribution in [-0.4, -0.2) is 25.0 Å². The number of likely N-dealkylation sites (N-methyl/N-ethyl adjacent to an activating group) is 1. The number of hydrogen-bond donors (Lipinski definition) is 2. The molecule has 0 aromatic carbocycles. The molecule has 88 valence electrons. The zero-order valence-corrected chi connectivity index (χ0v) is 10.0. The monoisotopic (exact) mass is 212 g/mol. The Balaban J connectivity index is 2.31. The van der Waals surface area contributed by atoms with Gasteiger partial charge in [0.25, 0.3) is 0 Å². The van der Waals surface area contributed by atoms with Gasteiger partial charge in [0.1, 0.15) is 0 Å². The van der Waals surface area contributed by atoms with Gasteiger partial charge in [-0.25, -0.2) is 0 Å². The average molecular weight is 212 g/mol. The molecule has 3 heteroatoms. The molecule has 0 heterocycles. The van der Waals surface area contributed by atoms with Gasteiger partial charge in [0, 0.05) is 13.1 Å². The van der Waals surface area contributed by atoms with Crippen molar-refractivity contribution >= 4 is 5.91 Å². The lowest BCUT2D eigenvalue weighted by Gasteiger charge is -2.24. The second-order valence-corrected chi connectivity index (χ2v) is 4.54. The Bertz CT molecular complexity index is 186. The SMILES string of the molecule is CNC(=O)C(C)NC1CCCCCCC1. The van der Waals surface area contributed by atoms with Crippen LogP contribution in [0.3, 0.4) is 0 Å². The van der Waals surface area contributed by atoms with E-state index in [1.165, 1.54) is 44.9 Å². The minimum absolute atomic E-state index is 0.0561. The number of amides is 1. The summed E-state index contributed by atoms with van der Waals surface area (Å²) in [6.07, 6.45) is 9.15. The van der Waals surface area contributed by atoms with Gasteiger partial charge in [-0.15, -0.1) is 0 Å². The molecule has 15 heavy (non-hydrogen) atoms. The van der Waals surface area contributed by atoms with E-state index in [2.05, 4.69) is 10.6 Å². The lowest BCUT2D eigenvalue weighted by molar-refractivity contribution is -0.122. The number of rotatable bonds is 3. The molecular weight excluding hydrogens is 188 g/mol. The van der Waals surface area contributed by atoms with Crippen LogP contribution in [0.1, 0.15) is 51.9 Å². The van der Waals surface area contributed by atoms with Gasteiger partial charge in [-0.2, -0.15) is 0 Å². The van der Waals surface area contributed by atoms with Crippen LogP contribution in [-0.2, 0) is 4.79 Å². The second-order valence-electron chi connectivity index (χ2n) is 4.54. The number of carbonyl (C=O) groups excluding carboxylic acids is 1. The highest BCUT2D eigenvalue weighted by molar-refractivity contribution is 5.80. The largest absolute Gasteiger partial charge is 0.358 e. The van der Waals surface area contributed by atoms with Crippen molar-refractivity contribution < 1.29 is 4.79 Å². The minimum atomic E-state index is -0.0561. The highest BCUT2D eigenvalue weighted by Crippen LogP contribution is 2.17. The lowest BCUT2D eigenvalue weighted by atomic mass is 9.96. The molecule has 0 bridgehead atoms. The standard InChI is InChI=1S/C12H24N2O/c1-10(12(15)13-2)14-11-8-6-4-3-5-7-9-11/h10-11,14H,3-9H2,1-2H3,(H,13,15). The summed E-state index contributed by atoms with van der Waals surface area (Å²) in [5.74, 6) is 0.0945. The van der Waals surface area contributed by atoms with Crippen LogP contribution >= 0.6 is 0 Å². The first-order valence-electron chi connectivity index (χ1n) is 6.21. The van der Waals surface area contributed by atoms with Crippen molar-refractivity contribution in [2.75, 3.05) is 7.05 Å². The molecule has 1 atom stereocenters. The van der Waals surface area contributed by atoms with Crippen LogP contribution in [0.2, 0.25) is 0 Å². The molecule has 1 rings (SSSR count). The number of hydrogen-bond acceptors (Lipinski definition) is 2. The fraction of sp³-hybridized carbons (Fsp3) is 0.917. The van der Waals surface area contributed by atoms with Gasteiger partial charge in [-0.3, -0.25) is 4.79 Å². The van der Waals surface area contributed by atoms with E-state index in [-0.39, 0.29) is 11.9 Å². The van der Waals surface area contributed by atoms with Crippen LogP contribution in [0.4, 0.5) is 0 Å². The zero-order valence-electron chi connectivity index (χ0n) is 10.0. The van der Waals surface area contributed by atoms with Crippen molar-refractivity contribution in [3.63, 3.8) is 0 Å². The smallest absolute Gasteiger partial charge is 0.236 e. The highest BCUT2D eigenvalue weighted by Gasteiger charge is 2.17. The quantitative estimate of drug-likeness (QED) is 0.749. The first-order chi connectivity index (χ1) is 7.24. The molecular formula is C12H24N2O. The summed E-state index contributed by atoms with van der Waals surface area (Å²) in [5.41, 5.74) is 0. The fourth-order valence-electron chi connectivity index (χ4n) is 2.27. The molecule has 1 unspecified atom stereocenters. The van der Waals surface area contributed by atoms with Crippen LogP contribution in [0, 0.1) is 0 Å². The van der Waals surface area contributed by atoms with E-state index in [0.717, 1.165) is 0 Å². The van der Waals surface area contributed by atoms with Gasteiger partial charge >= 0.3 is 0 Å². The molecule has 0 radical (unpaired) electrons. The van der Waals surface area contributed by atoms with E-state index in [0.29, 0.717) is 6.04 Å². The Morgan fingerprint density at radius 1 is 1.13 bits per heavy atom. The fourth-order valence-corrected chi connectivity index (χ4v) is 2.27. The predicted molar refractivity (Wildman–Crippen MR) is 62.8 cm³/mol. The van der Waals surface area contributed by atoms with E-state index in [1.54, 1.807) is 7.05 Å². The Hall–Kier alpha value is -0.570. The normalized spacial score (nSPS) is 21.5. The first kappa shape index (κ1) is 12.5. The molecule has 3 nitrogen and oxygen atoms in total. The van der Waals surface area contributed by atoms with Crippen molar-refractivity contribution in [3.8, 4) is 0 Å². The molecule has 1 saturated carbocycles. The van der Waals surface area contributed by atoms with Crippen LogP contribution < -0.4 is 10.6 Å². The summed E-state index contributed by atoms with van der Waals surface area (Å²) in [6, 6.07) is 0.483. The van der Waals surface area contributed by atoms with Gasteiger partial charge in [-0.05, 0) is 19.8 Å². The Kier molecular flexibility index (Phi) is 5.69. The van der Waals surface area contributed by atoms with Crippen molar-refractivity contribution in [2.24, 2.45) is 0 Å². The molecule has 1 fully saturated rings. The summed E-state index contributed by atoms with van der Waals surface area (Å²) in [4.78, 5) is 11.4. The summed E-state index contributed by atoms with van der Waals surface area (Å²) < 4.78 is 0. The minimum Gasteiger partial charge on any atom is -0.358 e. The van der Waals surface area contributed by atoms with Crippen LogP contribution in [0.25, 0.3) is 0 Å². The van der Waals surface area contributed by atoms with Gasteiger partial charge in [-0.1, -0.05) is 32.1 Å². The molecule has 1 aliphatic carbocycles. The molecule has 0 aromatic heterocycles. The van der Waals surface area contributed by atoms with Crippen molar-refractivity contribution in [1.82, 2.24) is 10.6 Å². The Labute approximate surface area is 93.0 Å². The van der Waals surface area contributed by atoms with E-state index in [4.69, 9.17) is 0 Å². The molecule has 0 saturated heterocycles. The van der Waals surface area contributed by atoms with Gasteiger partial charge in [0.2, 0.25) is 5.91 Å². The van der Waals surface area contributed by atoms with E-state index in [1.807, 2.05) is 6.92 Å². The molecule has 0 aliphatic heterocycles. The topological polar surface area (TPSA) is 41.1 Å². The third-order valence-electron chi connectivity index (χ3n) is 3.23. The summed E-state index contributed by atoms with van der Waals surface area (Å²) in [6.45, 7) is 1.94. The number of carbonyl (C=O) groups is 1. The first-order valence-corrected chi connectivity index (χ1v) is 6.21. The number of nitrogens with one attached hydrogen (secondary N) is 2. The maximum atomic E-state index is 11.4. The Morgan fingerprint density at radius 2 is 1.67 bits per heavy atom. The summed E-state index contributed by atoms with van der Waals surface area (Å²) in [7, 11) is 1.69. The maximum Gasteiger partial charge on any atom is 0.236 e. The summed E-state index contributed by atoms with van der Waals surface area (Å²) in [5, 5.41) is 6.11. The van der Waals surface area contributed by atoms with Crippen molar-refractivity contribution in [1.29, 1.82) is 0 Å². The van der Waals surface area contributed by atoms with Crippen LogP contribution in [0.5, 0.6) is 0 Å². The van der Waals surface area contributed by atoms with Crippen molar-refractivity contribution in [3.05, 3.63) is 0 Å². The lowest BCUT2D eigenvalue weighted by Crippen LogP contribution is -2.45. The maximum absolute atomic E-state index is 11.4. The van der Waals surface area contributed by atoms with Gasteiger partial charge in [0.15, 0.2) is 0 Å². The molecule has 0 spiro atoms. The molecule has 1 aliphatic rings. The third-order valence-corrected chi connectivity index (χ3v) is 3.23. The Morgan fingerprint density at radius 3 is 2.20 bits per heavy atom. The van der Waals surface area contributed by atoms with Crippen molar-refractivity contribution in [2.45, 2.75) is 64.0 Å². The summed E-state index contributed by atoms with van der Waals surface area (Å²) >= 11 is 0. The highest BCUT2D eigenvalue weighted by atomic mass is 16.2. The molecule has 1 amide bonds. The predicted octanol–water partition coefficient (Wildman–Crippen LogP) is 1.82. The van der Waals surface area contributed by atoms with E-state index in [9.17, 15) is 4.79 Å². The van der Waals surface area contributed by atoms with E-state index < -0.39 is 0 Å². The molecule has 0 aromatic rings. The van der Waals surface area contributed by atoms with Gasteiger partial charge < -0.3 is 10.6 Å². The van der Waals surface area contributed by atoms with Crippen LogP contribution in [0.15, 0.2) is 0 Å². The van der Waals surface area contributed by atoms with Gasteiger partial charge in [0.05, 0.1) is 6.04 Å². The second kappa shape index (κ2) is 6.83. The average Bonchev–Trinajstić information content (AvgIpc) is 2.20. The third kappa shape index (κ3) is 4.65. The van der Waals surface area contributed by atoms with E-state index >= 15 is 0 Å².